The smallest absolute Gasteiger partial charge is 0.132 e. The zero-order chi connectivity index (χ0) is 8.27. The van der Waals surface area contributed by atoms with Crippen molar-refractivity contribution < 1.29 is 9.90 Å². The van der Waals surface area contributed by atoms with Gasteiger partial charge in [-0.05, 0) is 6.07 Å². The topological polar surface area (TPSA) is 37.3 Å². The first-order valence-corrected chi connectivity index (χ1v) is 3.64. The number of thiol groups is 1. The predicted octanol–water partition coefficient (Wildman–Crippen LogP) is 1.42. The number of para-hydroxylation sites is 1. The number of hydrogen-bond acceptors (Lipinski definition) is 3. The highest BCUT2D eigenvalue weighted by Gasteiger charge is 2.01. The highest BCUT2D eigenvalue weighted by Crippen LogP contribution is 2.24. The third kappa shape index (κ3) is 1.74. The number of phenols is 1. The third-order valence-corrected chi connectivity index (χ3v) is 1.76. The molecule has 0 fully saturated rings. The monoisotopic (exact) mass is 168 g/mol. The molecule has 0 aromatic heterocycles. The molecule has 0 atom stereocenters. The van der Waals surface area contributed by atoms with E-state index in [2.05, 4.69) is 12.6 Å². The standard InChI is InChI=1S/C8H8O2S/c9-5-4-6-2-1-3-7(11)8(6)10/h1-3,5,10-11H,4H2. The molecule has 0 aliphatic rings. The maximum absolute atomic E-state index is 10.1. The number of benzene rings is 1. The van der Waals surface area contributed by atoms with E-state index in [0.717, 1.165) is 6.29 Å². The fraction of sp³-hybridized carbons (Fsp3) is 0.125. The lowest BCUT2D eigenvalue weighted by Gasteiger charge is -2.01. The van der Waals surface area contributed by atoms with Gasteiger partial charge in [-0.1, -0.05) is 12.1 Å². The SMILES string of the molecule is O=CCc1cccc(S)c1O. The average molecular weight is 168 g/mol. The molecule has 1 aromatic carbocycles. The van der Waals surface area contributed by atoms with Crippen molar-refractivity contribution in [3.63, 3.8) is 0 Å². The molecule has 1 N–H and O–H groups in total. The van der Waals surface area contributed by atoms with Gasteiger partial charge in [-0.15, -0.1) is 12.6 Å². The molecule has 3 heteroatoms. The Morgan fingerprint density at radius 3 is 2.91 bits per heavy atom. The van der Waals surface area contributed by atoms with Gasteiger partial charge >= 0.3 is 0 Å². The largest absolute Gasteiger partial charge is 0.506 e. The number of carbonyl (C=O) groups is 1. The summed E-state index contributed by atoms with van der Waals surface area (Å²) < 4.78 is 0. The lowest BCUT2D eigenvalue weighted by atomic mass is 10.1. The van der Waals surface area contributed by atoms with Gasteiger partial charge < -0.3 is 9.90 Å². The van der Waals surface area contributed by atoms with E-state index in [9.17, 15) is 9.90 Å². The van der Waals surface area contributed by atoms with Crippen molar-refractivity contribution in [3.8, 4) is 5.75 Å². The maximum Gasteiger partial charge on any atom is 0.132 e. The predicted molar refractivity (Wildman–Crippen MR) is 45.1 cm³/mol. The Bertz CT molecular complexity index is 271. The number of phenolic OH excluding ortho intramolecular Hbond substituents is 1. The summed E-state index contributed by atoms with van der Waals surface area (Å²) in [5.41, 5.74) is 0.618. The van der Waals surface area contributed by atoms with E-state index in [4.69, 9.17) is 0 Å². The second kappa shape index (κ2) is 3.44. The first-order valence-electron chi connectivity index (χ1n) is 3.19. The van der Waals surface area contributed by atoms with Crippen molar-refractivity contribution in [3.05, 3.63) is 23.8 Å². The summed E-state index contributed by atoms with van der Waals surface area (Å²) in [7, 11) is 0. The lowest BCUT2D eigenvalue weighted by molar-refractivity contribution is -0.107. The van der Waals surface area contributed by atoms with Crippen molar-refractivity contribution in [2.24, 2.45) is 0 Å². The minimum absolute atomic E-state index is 0.0999. The van der Waals surface area contributed by atoms with Gasteiger partial charge in [0.2, 0.25) is 0 Å². The van der Waals surface area contributed by atoms with Gasteiger partial charge in [-0.2, -0.15) is 0 Å². The van der Waals surface area contributed by atoms with E-state index in [1.54, 1.807) is 18.2 Å². The van der Waals surface area contributed by atoms with Crippen molar-refractivity contribution in [1.82, 2.24) is 0 Å². The Morgan fingerprint density at radius 2 is 2.27 bits per heavy atom. The van der Waals surface area contributed by atoms with Gasteiger partial charge in [-0.25, -0.2) is 0 Å². The van der Waals surface area contributed by atoms with Gasteiger partial charge in [0.25, 0.3) is 0 Å². The van der Waals surface area contributed by atoms with Crippen LogP contribution in [0.15, 0.2) is 23.1 Å². The molecule has 1 aromatic rings. The second-order valence-electron chi connectivity index (χ2n) is 2.16. The summed E-state index contributed by atoms with van der Waals surface area (Å²) >= 11 is 3.99. The molecule has 0 aliphatic heterocycles. The molecule has 0 aliphatic carbocycles. The Balaban J connectivity index is 3.05. The van der Waals surface area contributed by atoms with Gasteiger partial charge in [0, 0.05) is 16.9 Å². The zero-order valence-electron chi connectivity index (χ0n) is 5.82. The lowest BCUT2D eigenvalue weighted by Crippen LogP contribution is -1.86. The van der Waals surface area contributed by atoms with Crippen molar-refractivity contribution in [2.45, 2.75) is 11.3 Å². The molecule has 0 saturated heterocycles. The van der Waals surface area contributed by atoms with E-state index < -0.39 is 0 Å². The molecule has 0 radical (unpaired) electrons. The zero-order valence-corrected chi connectivity index (χ0v) is 6.71. The highest BCUT2D eigenvalue weighted by atomic mass is 32.1. The Hall–Kier alpha value is -0.960. The summed E-state index contributed by atoms with van der Waals surface area (Å²) in [5.74, 6) is 0.0999. The van der Waals surface area contributed by atoms with Gasteiger partial charge in [0.1, 0.15) is 12.0 Å². The Morgan fingerprint density at radius 1 is 1.55 bits per heavy atom. The van der Waals surface area contributed by atoms with Gasteiger partial charge in [-0.3, -0.25) is 0 Å². The van der Waals surface area contributed by atoms with Crippen molar-refractivity contribution >= 4 is 18.9 Å². The molecule has 0 heterocycles. The fourth-order valence-electron chi connectivity index (χ4n) is 0.832. The minimum atomic E-state index is 0.0999. The Labute approximate surface area is 70.3 Å². The van der Waals surface area contributed by atoms with Gasteiger partial charge in [0.05, 0.1) is 0 Å². The minimum Gasteiger partial charge on any atom is -0.506 e. The number of aromatic hydroxyl groups is 1. The van der Waals surface area contributed by atoms with Crippen LogP contribution in [0.25, 0.3) is 0 Å². The molecule has 11 heavy (non-hydrogen) atoms. The fourth-order valence-corrected chi connectivity index (χ4v) is 1.06. The molecule has 0 spiro atoms. The molecular weight excluding hydrogens is 160 g/mol. The molecule has 0 saturated carbocycles. The van der Waals surface area contributed by atoms with Crippen LogP contribution in [0.5, 0.6) is 5.75 Å². The summed E-state index contributed by atoms with van der Waals surface area (Å²) in [6.45, 7) is 0. The number of rotatable bonds is 2. The first-order chi connectivity index (χ1) is 5.25. The molecule has 0 amide bonds. The number of hydrogen-bond donors (Lipinski definition) is 2. The van der Waals surface area contributed by atoms with E-state index >= 15 is 0 Å². The second-order valence-corrected chi connectivity index (χ2v) is 2.64. The van der Waals surface area contributed by atoms with E-state index in [1.807, 2.05) is 0 Å². The molecule has 2 nitrogen and oxygen atoms in total. The molecule has 0 unspecified atom stereocenters. The highest BCUT2D eigenvalue weighted by molar-refractivity contribution is 7.80. The summed E-state index contributed by atoms with van der Waals surface area (Å²) in [6.07, 6.45) is 0.989. The first kappa shape index (κ1) is 8.14. The number of aldehydes is 1. The van der Waals surface area contributed by atoms with Crippen LogP contribution >= 0.6 is 12.6 Å². The van der Waals surface area contributed by atoms with Crippen LogP contribution in [-0.4, -0.2) is 11.4 Å². The summed E-state index contributed by atoms with van der Waals surface area (Å²) in [6, 6.07) is 5.12. The normalized spacial score (nSPS) is 9.55. The van der Waals surface area contributed by atoms with Crippen LogP contribution in [0.2, 0.25) is 0 Å². The number of carbonyl (C=O) groups excluding carboxylic acids is 1. The van der Waals surface area contributed by atoms with Crippen LogP contribution in [-0.2, 0) is 11.2 Å². The van der Waals surface area contributed by atoms with Crippen molar-refractivity contribution in [2.75, 3.05) is 0 Å². The van der Waals surface area contributed by atoms with Crippen LogP contribution in [0.4, 0.5) is 0 Å². The van der Waals surface area contributed by atoms with Crippen LogP contribution in [0.1, 0.15) is 5.56 Å². The van der Waals surface area contributed by atoms with E-state index in [0.29, 0.717) is 10.5 Å². The molecule has 58 valence electrons. The summed E-state index contributed by atoms with van der Waals surface area (Å²) in [5, 5.41) is 9.29. The maximum atomic E-state index is 10.1. The van der Waals surface area contributed by atoms with Gasteiger partial charge in [0.15, 0.2) is 0 Å². The summed E-state index contributed by atoms with van der Waals surface area (Å²) in [4.78, 5) is 10.6. The molecule has 1 rings (SSSR count). The van der Waals surface area contributed by atoms with E-state index in [-0.39, 0.29) is 12.2 Å². The van der Waals surface area contributed by atoms with Crippen LogP contribution in [0.3, 0.4) is 0 Å². The molecule has 0 bridgehead atoms. The van der Waals surface area contributed by atoms with Crippen LogP contribution in [0, 0.1) is 0 Å². The average Bonchev–Trinajstić information content (AvgIpc) is 1.99. The molecular formula is C8H8O2S. The van der Waals surface area contributed by atoms with Crippen LogP contribution < -0.4 is 0 Å². The quantitative estimate of drug-likeness (QED) is 0.517. The Kier molecular flexibility index (Phi) is 2.54. The van der Waals surface area contributed by atoms with Crippen molar-refractivity contribution in [1.29, 1.82) is 0 Å². The third-order valence-electron chi connectivity index (χ3n) is 1.40. The van der Waals surface area contributed by atoms with E-state index in [1.165, 1.54) is 0 Å².